The number of fused-ring (bicyclic) bond motifs is 1. The van der Waals surface area contributed by atoms with Crippen LogP contribution in [-0.4, -0.2) is 0 Å². The summed E-state index contributed by atoms with van der Waals surface area (Å²) >= 11 is 0. The number of anilines is 1. The van der Waals surface area contributed by atoms with Crippen molar-refractivity contribution in [1.29, 1.82) is 0 Å². The van der Waals surface area contributed by atoms with E-state index in [1.165, 1.54) is 5.56 Å². The predicted molar refractivity (Wildman–Crippen MR) is 103 cm³/mol. The van der Waals surface area contributed by atoms with Gasteiger partial charge in [-0.1, -0.05) is 67.3 Å². The van der Waals surface area contributed by atoms with E-state index in [-0.39, 0.29) is 0 Å². The van der Waals surface area contributed by atoms with Crippen LogP contribution < -0.4 is 5.32 Å². The second kappa shape index (κ2) is 6.08. The average molecular weight is 307 g/mol. The Hall–Kier alpha value is -3.28. The van der Waals surface area contributed by atoms with Gasteiger partial charge >= 0.3 is 0 Å². The number of para-hydroxylation sites is 1. The molecule has 1 heteroatoms. The minimum Gasteiger partial charge on any atom is -0.354 e. The van der Waals surface area contributed by atoms with E-state index in [4.69, 9.17) is 0 Å². The Morgan fingerprint density at radius 2 is 1.58 bits per heavy atom. The van der Waals surface area contributed by atoms with E-state index in [2.05, 4.69) is 66.2 Å². The molecule has 2 aromatic carbocycles. The molecule has 0 saturated heterocycles. The Morgan fingerprint density at radius 3 is 2.46 bits per heavy atom. The van der Waals surface area contributed by atoms with Gasteiger partial charge < -0.3 is 5.32 Å². The molecule has 2 aromatic rings. The number of nitrogens with one attached hydrogen (secondary N) is 1. The SMILES string of the molecule is C=C1C=C(c2ccccc2C2=CC=CC=C=C2)Nc2ccccc21. The summed E-state index contributed by atoms with van der Waals surface area (Å²) in [7, 11) is 0. The molecule has 2 aliphatic rings. The molecule has 0 amide bonds. The largest absolute Gasteiger partial charge is 0.354 e. The van der Waals surface area contributed by atoms with Crippen molar-refractivity contribution in [3.8, 4) is 0 Å². The number of benzene rings is 2. The topological polar surface area (TPSA) is 12.0 Å². The third kappa shape index (κ3) is 2.58. The van der Waals surface area contributed by atoms with Crippen molar-refractivity contribution >= 4 is 22.5 Å². The van der Waals surface area contributed by atoms with E-state index in [1.54, 1.807) is 0 Å². The highest BCUT2D eigenvalue weighted by molar-refractivity contribution is 5.99. The van der Waals surface area contributed by atoms with Gasteiger partial charge in [-0.25, -0.2) is 0 Å². The quantitative estimate of drug-likeness (QED) is 0.688. The van der Waals surface area contributed by atoms with Crippen molar-refractivity contribution in [2.75, 3.05) is 5.32 Å². The Balaban J connectivity index is 1.82. The third-order valence-electron chi connectivity index (χ3n) is 4.21. The van der Waals surface area contributed by atoms with E-state index in [0.29, 0.717) is 0 Å². The fourth-order valence-electron chi connectivity index (χ4n) is 3.04. The molecule has 0 spiro atoms. The van der Waals surface area contributed by atoms with Crippen LogP contribution in [-0.2, 0) is 0 Å². The number of hydrogen-bond donors (Lipinski definition) is 1. The molecule has 1 aliphatic carbocycles. The van der Waals surface area contributed by atoms with Gasteiger partial charge in [0.25, 0.3) is 0 Å². The lowest BCUT2D eigenvalue weighted by molar-refractivity contribution is 1.46. The zero-order chi connectivity index (χ0) is 16.4. The first-order chi connectivity index (χ1) is 11.8. The van der Waals surface area contributed by atoms with Crippen LogP contribution in [0.2, 0.25) is 0 Å². The molecule has 0 aromatic heterocycles. The van der Waals surface area contributed by atoms with Crippen molar-refractivity contribution in [2.45, 2.75) is 0 Å². The molecule has 114 valence electrons. The summed E-state index contributed by atoms with van der Waals surface area (Å²) in [5.41, 5.74) is 11.0. The summed E-state index contributed by atoms with van der Waals surface area (Å²) in [5, 5.41) is 3.55. The van der Waals surface area contributed by atoms with Gasteiger partial charge in [-0.3, -0.25) is 0 Å². The van der Waals surface area contributed by atoms with Crippen LogP contribution in [0.25, 0.3) is 16.8 Å². The number of hydrogen-bond acceptors (Lipinski definition) is 1. The van der Waals surface area contributed by atoms with E-state index >= 15 is 0 Å². The van der Waals surface area contributed by atoms with Crippen molar-refractivity contribution in [2.24, 2.45) is 0 Å². The lowest BCUT2D eigenvalue weighted by Crippen LogP contribution is -2.08. The Labute approximate surface area is 142 Å². The molecule has 0 fully saturated rings. The average Bonchev–Trinajstić information content (AvgIpc) is 2.91. The first-order valence-corrected chi connectivity index (χ1v) is 7.99. The highest BCUT2D eigenvalue weighted by Gasteiger charge is 2.16. The lowest BCUT2D eigenvalue weighted by atomic mass is 9.92. The molecule has 0 radical (unpaired) electrons. The molecular formula is C23H17N. The zero-order valence-corrected chi connectivity index (χ0v) is 13.3. The summed E-state index contributed by atoms with van der Waals surface area (Å²) < 4.78 is 0. The van der Waals surface area contributed by atoms with Crippen LogP contribution in [0.5, 0.6) is 0 Å². The Morgan fingerprint density at radius 1 is 0.833 bits per heavy atom. The maximum absolute atomic E-state index is 4.22. The minimum atomic E-state index is 1.03. The molecule has 1 nitrogen and oxygen atoms in total. The minimum absolute atomic E-state index is 1.03. The van der Waals surface area contributed by atoms with Crippen molar-refractivity contribution in [1.82, 2.24) is 0 Å². The predicted octanol–water partition coefficient (Wildman–Crippen LogP) is 5.83. The van der Waals surface area contributed by atoms with Gasteiger partial charge in [-0.05, 0) is 41.0 Å². The molecular weight excluding hydrogens is 290 g/mol. The van der Waals surface area contributed by atoms with E-state index in [9.17, 15) is 0 Å². The molecule has 0 atom stereocenters. The Bertz CT molecular complexity index is 977. The first-order valence-electron chi connectivity index (χ1n) is 7.99. The fourth-order valence-corrected chi connectivity index (χ4v) is 3.04. The van der Waals surface area contributed by atoms with Gasteiger partial charge in [0.2, 0.25) is 0 Å². The third-order valence-corrected chi connectivity index (χ3v) is 4.21. The maximum Gasteiger partial charge on any atom is 0.0470 e. The lowest BCUT2D eigenvalue weighted by Gasteiger charge is -2.23. The monoisotopic (exact) mass is 307 g/mol. The van der Waals surface area contributed by atoms with E-state index in [1.807, 2.05) is 36.4 Å². The molecule has 24 heavy (non-hydrogen) atoms. The fraction of sp³-hybridized carbons (Fsp3) is 0. The van der Waals surface area contributed by atoms with Crippen LogP contribution in [0.3, 0.4) is 0 Å². The van der Waals surface area contributed by atoms with Crippen LogP contribution in [0.15, 0.2) is 97.3 Å². The summed E-state index contributed by atoms with van der Waals surface area (Å²) in [6.45, 7) is 4.22. The van der Waals surface area contributed by atoms with Gasteiger partial charge in [0.1, 0.15) is 0 Å². The zero-order valence-electron chi connectivity index (χ0n) is 13.3. The first kappa shape index (κ1) is 14.3. The van der Waals surface area contributed by atoms with Gasteiger partial charge in [-0.2, -0.15) is 0 Å². The van der Waals surface area contributed by atoms with Crippen LogP contribution in [0.4, 0.5) is 5.69 Å². The highest BCUT2D eigenvalue weighted by Crippen LogP contribution is 2.36. The van der Waals surface area contributed by atoms with Crippen molar-refractivity contribution < 1.29 is 0 Å². The molecule has 1 aliphatic heterocycles. The summed E-state index contributed by atoms with van der Waals surface area (Å²) in [6.07, 6.45) is 12.2. The second-order valence-corrected chi connectivity index (χ2v) is 5.78. The van der Waals surface area contributed by atoms with Gasteiger partial charge in [0.15, 0.2) is 0 Å². The second-order valence-electron chi connectivity index (χ2n) is 5.78. The van der Waals surface area contributed by atoms with Gasteiger partial charge in [0, 0.05) is 22.5 Å². The summed E-state index contributed by atoms with van der Waals surface area (Å²) in [6, 6.07) is 16.7. The van der Waals surface area contributed by atoms with E-state index < -0.39 is 0 Å². The van der Waals surface area contributed by atoms with Gasteiger partial charge in [-0.15, -0.1) is 5.73 Å². The molecule has 0 unspecified atom stereocenters. The molecule has 0 saturated carbocycles. The molecule has 0 bridgehead atoms. The number of allylic oxidation sites excluding steroid dienone is 7. The molecule has 1 heterocycles. The van der Waals surface area contributed by atoms with Crippen molar-refractivity contribution in [3.63, 3.8) is 0 Å². The van der Waals surface area contributed by atoms with Crippen LogP contribution in [0, 0.1) is 0 Å². The van der Waals surface area contributed by atoms with E-state index in [0.717, 1.165) is 33.7 Å². The maximum atomic E-state index is 4.22. The summed E-state index contributed by atoms with van der Waals surface area (Å²) in [5.74, 6) is 0. The smallest absolute Gasteiger partial charge is 0.0470 e. The van der Waals surface area contributed by atoms with Crippen LogP contribution in [0.1, 0.15) is 16.7 Å². The number of rotatable bonds is 2. The van der Waals surface area contributed by atoms with Crippen molar-refractivity contribution in [3.05, 3.63) is 114 Å². The molecule has 1 N–H and O–H groups in total. The Kier molecular flexibility index (Phi) is 3.63. The highest BCUT2D eigenvalue weighted by atomic mass is 14.9. The summed E-state index contributed by atoms with van der Waals surface area (Å²) in [4.78, 5) is 0. The van der Waals surface area contributed by atoms with Gasteiger partial charge in [0.05, 0.1) is 0 Å². The van der Waals surface area contributed by atoms with Crippen LogP contribution >= 0.6 is 0 Å². The standard InChI is InChI=1S/C23H17N/c1-17-16-23(24-22-15-9-8-12-19(17)22)21-14-7-6-13-20(21)18-10-4-2-3-5-11-18/h2-4,6-16,24H,1H2. The molecule has 4 rings (SSSR count). The normalized spacial score (nSPS) is 15.2.